The number of allylic oxidation sites excluding steroid dienone is 6. The minimum atomic E-state index is -0.773. The van der Waals surface area contributed by atoms with Crippen molar-refractivity contribution in [2.75, 3.05) is 13.2 Å². The Kier molecular flexibility index (Phi) is 51.3. The van der Waals surface area contributed by atoms with Crippen molar-refractivity contribution in [2.45, 2.75) is 303 Å². The lowest BCUT2D eigenvalue weighted by Gasteiger charge is -2.18. The maximum Gasteiger partial charge on any atom is 0.306 e. The Morgan fingerprint density at radius 3 is 0.969 bits per heavy atom. The van der Waals surface area contributed by atoms with Gasteiger partial charge >= 0.3 is 17.9 Å². The molecule has 0 amide bonds. The number of hydrogen-bond acceptors (Lipinski definition) is 6. The molecule has 0 aliphatic heterocycles. The van der Waals surface area contributed by atoms with Crippen molar-refractivity contribution >= 4 is 17.9 Å². The Morgan fingerprint density at radius 2 is 0.594 bits per heavy atom. The lowest BCUT2D eigenvalue weighted by molar-refractivity contribution is -0.167. The van der Waals surface area contributed by atoms with Gasteiger partial charge in [-0.2, -0.15) is 0 Å². The van der Waals surface area contributed by atoms with Crippen molar-refractivity contribution < 1.29 is 28.6 Å². The lowest BCUT2D eigenvalue weighted by Crippen LogP contribution is -2.30. The van der Waals surface area contributed by atoms with E-state index in [1.165, 1.54) is 180 Å². The van der Waals surface area contributed by atoms with Crippen LogP contribution in [0.25, 0.3) is 0 Å². The summed E-state index contributed by atoms with van der Waals surface area (Å²) in [6.45, 7) is 6.58. The van der Waals surface area contributed by atoms with E-state index >= 15 is 0 Å². The number of unbranched alkanes of at least 4 members (excludes halogenated alkanes) is 34. The summed E-state index contributed by atoms with van der Waals surface area (Å²) in [6.07, 6.45) is 62.8. The molecule has 0 aromatic carbocycles. The normalized spacial score (nSPS) is 12.2. The van der Waals surface area contributed by atoms with Crippen molar-refractivity contribution in [3.63, 3.8) is 0 Å². The molecule has 64 heavy (non-hydrogen) atoms. The molecule has 6 heteroatoms. The molecule has 0 aromatic heterocycles. The Labute approximate surface area is 397 Å². The second-order valence-electron chi connectivity index (χ2n) is 18.8. The van der Waals surface area contributed by atoms with Gasteiger partial charge in [0.2, 0.25) is 0 Å². The smallest absolute Gasteiger partial charge is 0.306 e. The van der Waals surface area contributed by atoms with Gasteiger partial charge in [-0.25, -0.2) is 0 Å². The molecule has 0 aliphatic rings. The van der Waals surface area contributed by atoms with Gasteiger partial charge in [0.15, 0.2) is 6.10 Å². The number of ether oxygens (including phenoxy) is 3. The van der Waals surface area contributed by atoms with Gasteiger partial charge in [0.05, 0.1) is 0 Å². The van der Waals surface area contributed by atoms with Crippen LogP contribution in [0.4, 0.5) is 0 Å². The van der Waals surface area contributed by atoms with Gasteiger partial charge in [-0.05, 0) is 70.6 Å². The monoisotopic (exact) mass is 899 g/mol. The van der Waals surface area contributed by atoms with Gasteiger partial charge in [0.1, 0.15) is 13.2 Å². The summed E-state index contributed by atoms with van der Waals surface area (Å²) in [5.74, 6) is -0.874. The van der Waals surface area contributed by atoms with E-state index in [1.807, 2.05) is 0 Å². The molecule has 0 saturated heterocycles. The summed E-state index contributed by atoms with van der Waals surface area (Å²) in [6, 6.07) is 0. The van der Waals surface area contributed by atoms with Crippen LogP contribution in [0.1, 0.15) is 297 Å². The highest BCUT2D eigenvalue weighted by molar-refractivity contribution is 5.71. The second kappa shape index (κ2) is 53.2. The van der Waals surface area contributed by atoms with Crippen LogP contribution in [0, 0.1) is 0 Å². The predicted molar refractivity (Wildman–Crippen MR) is 275 cm³/mol. The molecule has 0 N–H and O–H groups in total. The van der Waals surface area contributed by atoms with Crippen LogP contribution < -0.4 is 0 Å². The van der Waals surface area contributed by atoms with Crippen LogP contribution in [0.2, 0.25) is 0 Å². The van der Waals surface area contributed by atoms with Gasteiger partial charge in [0, 0.05) is 19.3 Å². The highest BCUT2D eigenvalue weighted by Gasteiger charge is 2.19. The van der Waals surface area contributed by atoms with E-state index in [0.29, 0.717) is 19.3 Å². The minimum Gasteiger partial charge on any atom is -0.462 e. The summed E-state index contributed by atoms with van der Waals surface area (Å²) in [5, 5.41) is 0. The van der Waals surface area contributed by atoms with Gasteiger partial charge < -0.3 is 14.2 Å². The van der Waals surface area contributed by atoms with Crippen molar-refractivity contribution in [1.29, 1.82) is 0 Å². The van der Waals surface area contributed by atoms with E-state index in [2.05, 4.69) is 57.2 Å². The quantitative estimate of drug-likeness (QED) is 0.0262. The third-order valence-electron chi connectivity index (χ3n) is 12.3. The first-order chi connectivity index (χ1) is 31.5. The first-order valence-corrected chi connectivity index (χ1v) is 28.0. The molecule has 0 radical (unpaired) electrons. The number of rotatable bonds is 51. The molecular weight excluding hydrogens is 793 g/mol. The number of esters is 3. The molecule has 0 aromatic rings. The Balaban J connectivity index is 4.28. The van der Waals surface area contributed by atoms with Crippen LogP contribution in [-0.2, 0) is 28.6 Å². The molecule has 1 atom stereocenters. The minimum absolute atomic E-state index is 0.0738. The van der Waals surface area contributed by atoms with Crippen LogP contribution in [0.15, 0.2) is 36.5 Å². The zero-order chi connectivity index (χ0) is 46.5. The summed E-state index contributed by atoms with van der Waals surface area (Å²) < 4.78 is 16.8. The highest BCUT2D eigenvalue weighted by atomic mass is 16.6. The number of carbonyl (C=O) groups is 3. The molecule has 0 bridgehead atoms. The molecule has 374 valence electrons. The molecule has 0 spiro atoms. The maximum absolute atomic E-state index is 12.8. The molecule has 0 rings (SSSR count). The summed E-state index contributed by atoms with van der Waals surface area (Å²) in [5.41, 5.74) is 0. The third kappa shape index (κ3) is 50.6. The predicted octanol–water partition coefficient (Wildman–Crippen LogP) is 18.5. The Hall–Kier alpha value is -2.37. The van der Waals surface area contributed by atoms with E-state index in [1.54, 1.807) is 0 Å². The average molecular weight is 899 g/mol. The summed E-state index contributed by atoms with van der Waals surface area (Å²) in [7, 11) is 0. The van der Waals surface area contributed by atoms with Crippen LogP contribution in [0.3, 0.4) is 0 Å². The molecule has 1 unspecified atom stereocenters. The summed E-state index contributed by atoms with van der Waals surface area (Å²) in [4.78, 5) is 38.0. The van der Waals surface area contributed by atoms with Crippen molar-refractivity contribution in [2.24, 2.45) is 0 Å². The largest absolute Gasteiger partial charge is 0.462 e. The fourth-order valence-electron chi connectivity index (χ4n) is 8.12. The average Bonchev–Trinajstić information content (AvgIpc) is 3.29. The van der Waals surface area contributed by atoms with Crippen molar-refractivity contribution in [1.82, 2.24) is 0 Å². The topological polar surface area (TPSA) is 78.9 Å². The van der Waals surface area contributed by atoms with Crippen molar-refractivity contribution in [3.05, 3.63) is 36.5 Å². The zero-order valence-electron chi connectivity index (χ0n) is 42.8. The zero-order valence-corrected chi connectivity index (χ0v) is 42.8. The molecular formula is C58H106O6. The fraction of sp³-hybridized carbons (Fsp3) is 0.845. The van der Waals surface area contributed by atoms with E-state index in [-0.39, 0.29) is 31.1 Å². The summed E-state index contributed by atoms with van der Waals surface area (Å²) >= 11 is 0. The SMILES string of the molecule is CCC/C=C\CCCCCCCC(=O)OCC(COC(=O)CCCCCCCCCCC/C=C\C/C=C\CCCCC)OC(=O)CCCCCCCCCCCCCCCCCCC. The van der Waals surface area contributed by atoms with Crippen LogP contribution in [0.5, 0.6) is 0 Å². The van der Waals surface area contributed by atoms with Gasteiger partial charge in [-0.1, -0.05) is 243 Å². The standard InChI is InChI=1S/C58H106O6/c1-4-7-10-13-16-19-22-24-26-28-29-31-32-34-36-39-42-45-48-51-57(60)63-54-55(53-62-56(59)50-47-44-41-38-21-18-15-12-9-6-3)64-58(61)52-49-46-43-40-37-35-33-30-27-25-23-20-17-14-11-8-5-2/h12,15-16,19,24,26,55H,4-11,13-14,17-18,20-23,25,27-54H2,1-3H3/b15-12-,19-16-,26-24-. The maximum atomic E-state index is 12.8. The van der Waals surface area contributed by atoms with Gasteiger partial charge in [-0.3, -0.25) is 14.4 Å². The van der Waals surface area contributed by atoms with E-state index in [0.717, 1.165) is 77.0 Å². The Bertz CT molecular complexity index is 1080. The number of hydrogen-bond donors (Lipinski definition) is 0. The molecule has 6 nitrogen and oxygen atoms in total. The number of carbonyl (C=O) groups excluding carboxylic acids is 3. The van der Waals surface area contributed by atoms with Gasteiger partial charge in [0.25, 0.3) is 0 Å². The molecule has 0 fully saturated rings. The van der Waals surface area contributed by atoms with Crippen LogP contribution in [-0.4, -0.2) is 37.2 Å². The van der Waals surface area contributed by atoms with E-state index in [4.69, 9.17) is 14.2 Å². The molecule has 0 aliphatic carbocycles. The fourth-order valence-corrected chi connectivity index (χ4v) is 8.12. The third-order valence-corrected chi connectivity index (χ3v) is 12.3. The van der Waals surface area contributed by atoms with Crippen molar-refractivity contribution in [3.8, 4) is 0 Å². The molecule has 0 heterocycles. The highest BCUT2D eigenvalue weighted by Crippen LogP contribution is 2.16. The second-order valence-corrected chi connectivity index (χ2v) is 18.8. The van der Waals surface area contributed by atoms with Crippen LogP contribution >= 0.6 is 0 Å². The lowest BCUT2D eigenvalue weighted by atomic mass is 10.0. The first kappa shape index (κ1) is 61.6. The van der Waals surface area contributed by atoms with Gasteiger partial charge in [-0.15, -0.1) is 0 Å². The van der Waals surface area contributed by atoms with E-state index < -0.39 is 6.10 Å². The van der Waals surface area contributed by atoms with E-state index in [9.17, 15) is 14.4 Å². The first-order valence-electron chi connectivity index (χ1n) is 28.0. The molecule has 0 saturated carbocycles. The Morgan fingerprint density at radius 1 is 0.312 bits per heavy atom.